The zero-order valence-corrected chi connectivity index (χ0v) is 22.0. The third-order valence-electron chi connectivity index (χ3n) is 6.27. The van der Waals surface area contributed by atoms with Crippen molar-refractivity contribution < 1.29 is 32.6 Å². The van der Waals surface area contributed by atoms with Crippen LogP contribution in [0.15, 0.2) is 66.7 Å². The van der Waals surface area contributed by atoms with Gasteiger partial charge >= 0.3 is 12.1 Å². The second-order valence-corrected chi connectivity index (χ2v) is 9.13. The van der Waals surface area contributed by atoms with Gasteiger partial charge in [0.15, 0.2) is 0 Å². The van der Waals surface area contributed by atoms with Crippen LogP contribution in [0.2, 0.25) is 0 Å². The van der Waals surface area contributed by atoms with E-state index in [1.165, 1.54) is 5.56 Å². The highest BCUT2D eigenvalue weighted by molar-refractivity contribution is 6.04. The Balaban J connectivity index is 0.000000559. The Morgan fingerprint density at radius 2 is 1.55 bits per heavy atom. The van der Waals surface area contributed by atoms with Gasteiger partial charge in [0.2, 0.25) is 0 Å². The van der Waals surface area contributed by atoms with Gasteiger partial charge in [-0.25, -0.2) is 4.79 Å². The summed E-state index contributed by atoms with van der Waals surface area (Å²) < 4.78 is 37.4. The van der Waals surface area contributed by atoms with Crippen LogP contribution in [0.4, 0.5) is 18.9 Å². The Hall–Kier alpha value is -4.40. The van der Waals surface area contributed by atoms with Crippen LogP contribution >= 0.6 is 0 Å². The monoisotopic (exact) mass is 554 g/mol. The lowest BCUT2D eigenvalue weighted by molar-refractivity contribution is -0.192. The van der Waals surface area contributed by atoms with Gasteiger partial charge in [-0.1, -0.05) is 18.2 Å². The van der Waals surface area contributed by atoms with Gasteiger partial charge in [0.05, 0.1) is 18.7 Å². The van der Waals surface area contributed by atoms with E-state index in [1.807, 2.05) is 30.3 Å². The van der Waals surface area contributed by atoms with Crippen molar-refractivity contribution in [3.8, 4) is 22.9 Å². The Morgan fingerprint density at radius 1 is 0.975 bits per heavy atom. The smallest absolute Gasteiger partial charge is 0.490 e. The Kier molecular flexibility index (Phi) is 10.2. The summed E-state index contributed by atoms with van der Waals surface area (Å²) in [5, 5.41) is 18.9. The quantitative estimate of drug-likeness (QED) is 0.448. The molecular weight excluding hydrogens is 525 g/mol. The normalized spacial score (nSPS) is 13.9. The highest BCUT2D eigenvalue weighted by Gasteiger charge is 2.38. The summed E-state index contributed by atoms with van der Waals surface area (Å²) in [4.78, 5) is 26.2. The fraction of sp³-hybridized carbons (Fsp3) is 0.276. The molecule has 8 nitrogen and oxygen atoms in total. The number of carbonyl (C=O) groups is 2. The maximum absolute atomic E-state index is 12.5. The average Bonchev–Trinajstić information content (AvgIpc) is 2.94. The minimum absolute atomic E-state index is 0.203. The number of benzene rings is 3. The van der Waals surface area contributed by atoms with Gasteiger partial charge in [0.25, 0.3) is 5.91 Å². The predicted molar refractivity (Wildman–Crippen MR) is 144 cm³/mol. The second kappa shape index (κ2) is 13.6. The molecule has 3 aromatic carbocycles. The number of carboxylic acids is 1. The Bertz CT molecular complexity index is 1350. The molecule has 210 valence electrons. The van der Waals surface area contributed by atoms with E-state index >= 15 is 0 Å². The van der Waals surface area contributed by atoms with E-state index in [0.29, 0.717) is 11.1 Å². The number of amides is 1. The summed E-state index contributed by atoms with van der Waals surface area (Å²) >= 11 is 0. The molecule has 0 atom stereocenters. The zero-order valence-electron chi connectivity index (χ0n) is 22.0. The van der Waals surface area contributed by atoms with Crippen molar-refractivity contribution in [3.05, 3.63) is 83.4 Å². The van der Waals surface area contributed by atoms with E-state index in [2.05, 4.69) is 40.4 Å². The first-order valence-electron chi connectivity index (χ1n) is 12.3. The summed E-state index contributed by atoms with van der Waals surface area (Å²) in [6, 6.07) is 22.8. The van der Waals surface area contributed by atoms with E-state index in [1.54, 1.807) is 31.4 Å². The lowest BCUT2D eigenvalue weighted by Gasteiger charge is -2.32. The molecule has 0 unspecified atom stereocenters. The number of hydrogen-bond acceptors (Lipinski definition) is 6. The molecule has 1 aliphatic rings. The summed E-state index contributed by atoms with van der Waals surface area (Å²) in [5.74, 6) is -2.05. The first-order chi connectivity index (χ1) is 19.0. The van der Waals surface area contributed by atoms with Crippen LogP contribution in [-0.2, 0) is 11.3 Å². The molecular formula is C29H29F3N4O4. The van der Waals surface area contributed by atoms with Crippen LogP contribution in [0.1, 0.15) is 21.5 Å². The number of nitrogens with zero attached hydrogens (tertiary/aromatic N) is 3. The van der Waals surface area contributed by atoms with Crippen molar-refractivity contribution in [2.75, 3.05) is 45.7 Å². The third kappa shape index (κ3) is 8.56. The molecule has 1 aliphatic heterocycles. The van der Waals surface area contributed by atoms with Crippen molar-refractivity contribution in [3.63, 3.8) is 0 Å². The fourth-order valence-corrected chi connectivity index (χ4v) is 3.97. The number of aliphatic carboxylic acids is 1. The number of hydrogen-bond donors (Lipinski definition) is 2. The molecule has 11 heteroatoms. The molecule has 2 N–H and O–H groups in total. The lowest BCUT2D eigenvalue weighted by Crippen LogP contribution is -2.43. The third-order valence-corrected chi connectivity index (χ3v) is 6.27. The summed E-state index contributed by atoms with van der Waals surface area (Å²) in [6.07, 6.45) is -5.08. The number of anilines is 1. The van der Waals surface area contributed by atoms with Crippen LogP contribution in [0.3, 0.4) is 0 Å². The number of carbonyl (C=O) groups excluding carboxylic acids is 1. The first kappa shape index (κ1) is 30.1. The van der Waals surface area contributed by atoms with Gasteiger partial charge in [-0.05, 0) is 66.7 Å². The summed E-state index contributed by atoms with van der Waals surface area (Å²) in [5.41, 5.74) is 5.14. The molecule has 40 heavy (non-hydrogen) atoms. The SMILES string of the molecule is COc1ccc(-c2ccc(NC(=O)c3ccc(C#N)cc3)cc2)cc1CN1CCN(C)CC1.O=C(O)C(F)(F)F. The number of rotatable bonds is 6. The van der Waals surface area contributed by atoms with Gasteiger partial charge in [0.1, 0.15) is 5.75 Å². The number of halogens is 3. The molecule has 0 spiro atoms. The minimum atomic E-state index is -5.08. The maximum Gasteiger partial charge on any atom is 0.490 e. The molecule has 1 saturated heterocycles. The summed E-state index contributed by atoms with van der Waals surface area (Å²) in [7, 11) is 3.88. The number of carboxylic acid groups (broad SMARTS) is 1. The van der Waals surface area contributed by atoms with Crippen molar-refractivity contribution in [2.45, 2.75) is 12.7 Å². The van der Waals surface area contributed by atoms with E-state index < -0.39 is 12.1 Å². The molecule has 4 rings (SSSR count). The fourth-order valence-electron chi connectivity index (χ4n) is 3.97. The summed E-state index contributed by atoms with van der Waals surface area (Å²) in [6.45, 7) is 5.13. The van der Waals surface area contributed by atoms with Gasteiger partial charge in [-0.15, -0.1) is 0 Å². The van der Waals surface area contributed by atoms with E-state index in [-0.39, 0.29) is 5.91 Å². The number of methoxy groups -OCH3 is 1. The van der Waals surface area contributed by atoms with Gasteiger partial charge in [-0.3, -0.25) is 9.69 Å². The maximum atomic E-state index is 12.5. The zero-order chi connectivity index (χ0) is 29.3. The van der Waals surface area contributed by atoms with Crippen LogP contribution in [0, 0.1) is 11.3 Å². The second-order valence-electron chi connectivity index (χ2n) is 9.13. The predicted octanol–water partition coefficient (Wildman–Crippen LogP) is 4.87. The number of nitrogens with one attached hydrogen (secondary N) is 1. The minimum Gasteiger partial charge on any atom is -0.496 e. The van der Waals surface area contributed by atoms with E-state index in [4.69, 9.17) is 19.9 Å². The Morgan fingerprint density at radius 3 is 2.08 bits per heavy atom. The van der Waals surface area contributed by atoms with E-state index in [0.717, 1.165) is 55.3 Å². The average molecular weight is 555 g/mol. The molecule has 0 aromatic heterocycles. The number of likely N-dealkylation sites (N-methyl/N-ethyl adjacent to an activating group) is 1. The topological polar surface area (TPSA) is 106 Å². The highest BCUT2D eigenvalue weighted by Crippen LogP contribution is 2.29. The van der Waals surface area contributed by atoms with Crippen molar-refractivity contribution in [2.24, 2.45) is 0 Å². The van der Waals surface area contributed by atoms with Gasteiger partial charge < -0.3 is 20.1 Å². The molecule has 0 aliphatic carbocycles. The van der Waals surface area contributed by atoms with Crippen LogP contribution in [-0.4, -0.2) is 73.3 Å². The molecule has 1 amide bonds. The van der Waals surface area contributed by atoms with Crippen molar-refractivity contribution >= 4 is 17.6 Å². The number of nitriles is 1. The van der Waals surface area contributed by atoms with E-state index in [9.17, 15) is 18.0 Å². The van der Waals surface area contributed by atoms with Crippen LogP contribution in [0.5, 0.6) is 5.75 Å². The van der Waals surface area contributed by atoms with Gasteiger partial charge in [-0.2, -0.15) is 18.4 Å². The molecule has 1 heterocycles. The van der Waals surface area contributed by atoms with Crippen LogP contribution in [0.25, 0.3) is 11.1 Å². The molecule has 3 aromatic rings. The molecule has 0 bridgehead atoms. The number of ether oxygens (including phenoxy) is 1. The largest absolute Gasteiger partial charge is 0.496 e. The lowest BCUT2D eigenvalue weighted by atomic mass is 10.0. The first-order valence-corrected chi connectivity index (χ1v) is 12.3. The highest BCUT2D eigenvalue weighted by atomic mass is 19.4. The van der Waals surface area contributed by atoms with Gasteiger partial charge in [0, 0.05) is 49.5 Å². The van der Waals surface area contributed by atoms with Crippen molar-refractivity contribution in [1.82, 2.24) is 9.80 Å². The molecule has 0 saturated carbocycles. The standard InChI is InChI=1S/C27H28N4O2.C2HF3O2/c1-30-13-15-31(16-14-30)19-24-17-23(9-12-26(24)33-2)21-7-10-25(11-8-21)29-27(32)22-5-3-20(18-28)4-6-22;3-2(4,5)1(6)7/h3-12,17H,13-16,19H2,1-2H3,(H,29,32);(H,6,7). The van der Waals surface area contributed by atoms with Crippen LogP contribution < -0.4 is 10.1 Å². The number of alkyl halides is 3. The Labute approximate surface area is 230 Å². The molecule has 0 radical (unpaired) electrons. The van der Waals surface area contributed by atoms with Crippen molar-refractivity contribution in [1.29, 1.82) is 5.26 Å². The number of piperazine rings is 1. The molecule has 1 fully saturated rings.